The number of carbonyl (C=O) groups excluding carboxylic acids is 1. The van der Waals surface area contributed by atoms with Gasteiger partial charge in [0, 0.05) is 31.3 Å². The van der Waals surface area contributed by atoms with E-state index in [-0.39, 0.29) is 12.5 Å². The van der Waals surface area contributed by atoms with E-state index in [9.17, 15) is 4.79 Å². The summed E-state index contributed by atoms with van der Waals surface area (Å²) in [6.07, 6.45) is 0. The SMILES string of the molecule is CCOCCN(C)C(=O)c1ccc(C#CCN)c(Cl)c1. The Labute approximate surface area is 124 Å². The minimum atomic E-state index is -0.0927. The highest BCUT2D eigenvalue weighted by Crippen LogP contribution is 2.18. The lowest BCUT2D eigenvalue weighted by atomic mass is 10.1. The maximum absolute atomic E-state index is 12.2. The first kappa shape index (κ1) is 16.5. The fraction of sp³-hybridized carbons (Fsp3) is 0.400. The Morgan fingerprint density at radius 1 is 1.50 bits per heavy atom. The summed E-state index contributed by atoms with van der Waals surface area (Å²) in [7, 11) is 1.73. The first-order valence-electron chi connectivity index (χ1n) is 6.41. The molecule has 0 unspecified atom stereocenters. The molecule has 0 heterocycles. The third kappa shape index (κ3) is 4.86. The Hall–Kier alpha value is -1.54. The third-order valence-electron chi connectivity index (χ3n) is 2.66. The second-order valence-corrected chi connectivity index (χ2v) is 4.53. The highest BCUT2D eigenvalue weighted by molar-refractivity contribution is 6.32. The molecule has 4 nitrogen and oxygen atoms in total. The molecule has 0 saturated heterocycles. The van der Waals surface area contributed by atoms with E-state index >= 15 is 0 Å². The molecule has 0 aliphatic heterocycles. The average molecular weight is 295 g/mol. The molecule has 2 N–H and O–H groups in total. The van der Waals surface area contributed by atoms with E-state index in [4.69, 9.17) is 22.1 Å². The van der Waals surface area contributed by atoms with Crippen LogP contribution in [0.4, 0.5) is 0 Å². The summed E-state index contributed by atoms with van der Waals surface area (Å²) >= 11 is 6.10. The van der Waals surface area contributed by atoms with Crippen molar-refractivity contribution in [1.82, 2.24) is 4.90 Å². The van der Waals surface area contributed by atoms with Crippen LogP contribution >= 0.6 is 11.6 Å². The van der Waals surface area contributed by atoms with Crippen LogP contribution in [0.25, 0.3) is 0 Å². The second kappa shape index (κ2) is 8.60. The van der Waals surface area contributed by atoms with Gasteiger partial charge in [-0.05, 0) is 25.1 Å². The van der Waals surface area contributed by atoms with Gasteiger partial charge in [-0.25, -0.2) is 0 Å². The predicted octanol–water partition coefficient (Wildman–Crippen LogP) is 1.76. The quantitative estimate of drug-likeness (QED) is 0.665. The lowest BCUT2D eigenvalue weighted by molar-refractivity contribution is 0.0710. The molecule has 0 bridgehead atoms. The lowest BCUT2D eigenvalue weighted by Gasteiger charge is -2.17. The van der Waals surface area contributed by atoms with Gasteiger partial charge in [-0.2, -0.15) is 0 Å². The van der Waals surface area contributed by atoms with Crippen molar-refractivity contribution in [2.24, 2.45) is 5.73 Å². The molecule has 1 aromatic carbocycles. The Balaban J connectivity index is 2.76. The first-order valence-corrected chi connectivity index (χ1v) is 6.79. The minimum absolute atomic E-state index is 0.0927. The van der Waals surface area contributed by atoms with Crippen molar-refractivity contribution in [3.05, 3.63) is 34.3 Å². The van der Waals surface area contributed by atoms with E-state index in [0.717, 1.165) is 0 Å². The topological polar surface area (TPSA) is 55.6 Å². The summed E-state index contributed by atoms with van der Waals surface area (Å²) < 4.78 is 5.23. The molecule has 5 heteroatoms. The largest absolute Gasteiger partial charge is 0.380 e. The zero-order valence-electron chi connectivity index (χ0n) is 11.8. The lowest BCUT2D eigenvalue weighted by Crippen LogP contribution is -2.30. The highest BCUT2D eigenvalue weighted by atomic mass is 35.5. The van der Waals surface area contributed by atoms with Gasteiger partial charge in [0.15, 0.2) is 0 Å². The van der Waals surface area contributed by atoms with Crippen molar-refractivity contribution in [3.63, 3.8) is 0 Å². The molecule has 0 saturated carbocycles. The summed E-state index contributed by atoms with van der Waals surface area (Å²) in [6.45, 7) is 3.90. The van der Waals surface area contributed by atoms with Gasteiger partial charge in [-0.3, -0.25) is 4.79 Å². The summed E-state index contributed by atoms with van der Waals surface area (Å²) in [5, 5.41) is 0.454. The standard InChI is InChI=1S/C15H19ClN2O2/c1-3-20-10-9-18(2)15(19)13-7-6-12(5-4-8-17)14(16)11-13/h6-7,11H,3,8-10,17H2,1-2H3. The molecule has 0 aromatic heterocycles. The van der Waals surface area contributed by atoms with Gasteiger partial charge < -0.3 is 15.4 Å². The van der Waals surface area contributed by atoms with Crippen LogP contribution in [0.2, 0.25) is 5.02 Å². The number of rotatable bonds is 5. The van der Waals surface area contributed by atoms with Crippen LogP contribution in [-0.2, 0) is 4.74 Å². The van der Waals surface area contributed by atoms with Crippen LogP contribution in [0.5, 0.6) is 0 Å². The summed E-state index contributed by atoms with van der Waals surface area (Å²) in [5.41, 5.74) is 6.52. The molecule has 0 radical (unpaired) electrons. The minimum Gasteiger partial charge on any atom is -0.380 e. The molecule has 1 rings (SSSR count). The van der Waals surface area contributed by atoms with E-state index in [0.29, 0.717) is 35.9 Å². The van der Waals surface area contributed by atoms with Crippen molar-refractivity contribution < 1.29 is 9.53 Å². The number of nitrogens with zero attached hydrogens (tertiary/aromatic N) is 1. The zero-order valence-corrected chi connectivity index (χ0v) is 12.5. The molecular weight excluding hydrogens is 276 g/mol. The van der Waals surface area contributed by atoms with Crippen LogP contribution in [0.1, 0.15) is 22.8 Å². The highest BCUT2D eigenvalue weighted by Gasteiger charge is 2.12. The Morgan fingerprint density at radius 3 is 2.85 bits per heavy atom. The van der Waals surface area contributed by atoms with Gasteiger partial charge >= 0.3 is 0 Å². The van der Waals surface area contributed by atoms with E-state index in [1.807, 2.05) is 6.92 Å². The van der Waals surface area contributed by atoms with Gasteiger partial charge in [0.25, 0.3) is 5.91 Å². The fourth-order valence-electron chi connectivity index (χ4n) is 1.56. The normalized spacial score (nSPS) is 9.80. The molecule has 0 fully saturated rings. The number of ether oxygens (including phenoxy) is 1. The average Bonchev–Trinajstić information content (AvgIpc) is 2.45. The first-order chi connectivity index (χ1) is 9.60. The molecule has 0 aliphatic rings. The Kier molecular flexibility index (Phi) is 7.10. The summed E-state index contributed by atoms with van der Waals surface area (Å²) in [4.78, 5) is 13.8. The number of hydrogen-bond acceptors (Lipinski definition) is 3. The molecule has 0 atom stereocenters. The smallest absolute Gasteiger partial charge is 0.253 e. The van der Waals surface area contributed by atoms with Gasteiger partial charge in [0.2, 0.25) is 0 Å². The van der Waals surface area contributed by atoms with Crippen LogP contribution in [0.15, 0.2) is 18.2 Å². The monoisotopic (exact) mass is 294 g/mol. The number of nitrogens with two attached hydrogens (primary N) is 1. The number of amides is 1. The maximum atomic E-state index is 12.2. The number of carbonyl (C=O) groups is 1. The van der Waals surface area contributed by atoms with Crippen LogP contribution in [-0.4, -0.2) is 44.2 Å². The summed E-state index contributed by atoms with van der Waals surface area (Å²) in [5.74, 6) is 5.50. The van der Waals surface area contributed by atoms with Crippen LogP contribution in [0, 0.1) is 11.8 Å². The zero-order chi connectivity index (χ0) is 15.0. The van der Waals surface area contributed by atoms with Crippen molar-refractivity contribution >= 4 is 17.5 Å². The predicted molar refractivity (Wildman–Crippen MR) is 80.8 cm³/mol. The van der Waals surface area contributed by atoms with Gasteiger partial charge in [-0.15, -0.1) is 0 Å². The Morgan fingerprint density at radius 2 is 2.25 bits per heavy atom. The van der Waals surface area contributed by atoms with Gasteiger partial charge in [0.05, 0.1) is 18.2 Å². The Bertz CT molecular complexity index is 520. The van der Waals surface area contributed by atoms with E-state index in [1.165, 1.54) is 0 Å². The number of likely N-dealkylation sites (N-methyl/N-ethyl adjacent to an activating group) is 1. The third-order valence-corrected chi connectivity index (χ3v) is 2.98. The van der Waals surface area contributed by atoms with Crippen LogP contribution < -0.4 is 5.73 Å². The van der Waals surface area contributed by atoms with Crippen molar-refractivity contribution in [2.45, 2.75) is 6.92 Å². The molecule has 20 heavy (non-hydrogen) atoms. The van der Waals surface area contributed by atoms with E-state index in [2.05, 4.69) is 11.8 Å². The van der Waals surface area contributed by atoms with Crippen LogP contribution in [0.3, 0.4) is 0 Å². The van der Waals surface area contributed by atoms with E-state index < -0.39 is 0 Å². The molecule has 0 spiro atoms. The second-order valence-electron chi connectivity index (χ2n) is 4.12. The van der Waals surface area contributed by atoms with Gasteiger partial charge in [0.1, 0.15) is 0 Å². The molecular formula is C15H19ClN2O2. The molecule has 1 amide bonds. The molecule has 0 aliphatic carbocycles. The number of hydrogen-bond donors (Lipinski definition) is 1. The van der Waals surface area contributed by atoms with Crippen molar-refractivity contribution in [1.29, 1.82) is 0 Å². The van der Waals surface area contributed by atoms with Crippen molar-refractivity contribution in [3.8, 4) is 11.8 Å². The number of halogens is 1. The maximum Gasteiger partial charge on any atom is 0.253 e. The molecule has 1 aromatic rings. The fourth-order valence-corrected chi connectivity index (χ4v) is 1.79. The van der Waals surface area contributed by atoms with E-state index in [1.54, 1.807) is 30.1 Å². The van der Waals surface area contributed by atoms with Crippen molar-refractivity contribution in [2.75, 3.05) is 33.4 Å². The summed E-state index contributed by atoms with van der Waals surface area (Å²) in [6, 6.07) is 5.07. The number of benzene rings is 1. The van der Waals surface area contributed by atoms with Gasteiger partial charge in [-0.1, -0.05) is 23.4 Å². The molecule has 108 valence electrons.